The zero-order chi connectivity index (χ0) is 19.4. The van der Waals surface area contributed by atoms with Crippen molar-refractivity contribution in [3.8, 4) is 11.4 Å². The molecule has 1 aromatic heterocycles. The summed E-state index contributed by atoms with van der Waals surface area (Å²) in [5.74, 6) is 0.189. The molecule has 0 saturated carbocycles. The van der Waals surface area contributed by atoms with Crippen molar-refractivity contribution in [1.29, 1.82) is 0 Å². The molecule has 0 unspecified atom stereocenters. The molecule has 0 spiro atoms. The molecule has 0 bridgehead atoms. The third kappa shape index (κ3) is 4.67. The van der Waals surface area contributed by atoms with Gasteiger partial charge in [0, 0.05) is 22.8 Å². The van der Waals surface area contributed by atoms with Crippen molar-refractivity contribution in [1.82, 2.24) is 14.8 Å². The van der Waals surface area contributed by atoms with Crippen LogP contribution in [-0.2, 0) is 11.3 Å². The van der Waals surface area contributed by atoms with E-state index in [0.29, 0.717) is 22.4 Å². The minimum atomic E-state index is -0.400. The van der Waals surface area contributed by atoms with Crippen molar-refractivity contribution in [3.05, 3.63) is 59.4 Å². The molecular weight excluding hydrogens is 387 g/mol. The number of rotatable bonds is 6. The number of hydrogen-bond acceptors (Lipinski definition) is 4. The highest BCUT2D eigenvalue weighted by molar-refractivity contribution is 8.00. The van der Waals surface area contributed by atoms with Crippen molar-refractivity contribution >= 4 is 35.0 Å². The maximum Gasteiger partial charge on any atom is 0.237 e. The van der Waals surface area contributed by atoms with Crippen LogP contribution in [0, 0.1) is 5.82 Å². The van der Waals surface area contributed by atoms with Gasteiger partial charge in [0.15, 0.2) is 11.0 Å². The van der Waals surface area contributed by atoms with Crippen LogP contribution in [0.5, 0.6) is 0 Å². The van der Waals surface area contributed by atoms with E-state index in [9.17, 15) is 9.18 Å². The van der Waals surface area contributed by atoms with Crippen LogP contribution < -0.4 is 5.32 Å². The molecule has 1 atom stereocenters. The van der Waals surface area contributed by atoms with E-state index in [0.717, 1.165) is 11.4 Å². The Labute approximate surface area is 166 Å². The van der Waals surface area contributed by atoms with Crippen LogP contribution in [0.1, 0.15) is 13.8 Å². The summed E-state index contributed by atoms with van der Waals surface area (Å²) in [7, 11) is 0. The van der Waals surface area contributed by atoms with Gasteiger partial charge in [-0.3, -0.25) is 4.79 Å². The van der Waals surface area contributed by atoms with Gasteiger partial charge in [-0.15, -0.1) is 10.2 Å². The molecule has 3 aromatic rings. The molecule has 5 nitrogen and oxygen atoms in total. The van der Waals surface area contributed by atoms with E-state index in [4.69, 9.17) is 11.6 Å². The number of aromatic nitrogens is 3. The van der Waals surface area contributed by atoms with E-state index in [-0.39, 0.29) is 11.7 Å². The largest absolute Gasteiger partial charge is 0.325 e. The normalized spacial score (nSPS) is 12.0. The van der Waals surface area contributed by atoms with Gasteiger partial charge in [-0.05, 0) is 62.4 Å². The summed E-state index contributed by atoms with van der Waals surface area (Å²) in [6, 6.07) is 13.0. The lowest BCUT2D eigenvalue weighted by Crippen LogP contribution is -2.23. The second-order valence-corrected chi connectivity index (χ2v) is 7.56. The first-order chi connectivity index (χ1) is 13.0. The van der Waals surface area contributed by atoms with E-state index in [1.165, 1.54) is 36.0 Å². The summed E-state index contributed by atoms with van der Waals surface area (Å²) in [4.78, 5) is 12.4. The number of anilines is 1. The van der Waals surface area contributed by atoms with Crippen LogP contribution in [0.15, 0.2) is 53.7 Å². The molecule has 140 valence electrons. The standard InChI is InChI=1S/C19H18ClFN4OS/c1-3-25-17(13-4-6-14(20)7-5-13)23-24-19(25)27-12(2)18(26)22-16-10-8-15(21)9-11-16/h4-12H,3H2,1-2H3,(H,22,26)/t12-/m0/s1. The fourth-order valence-corrected chi connectivity index (χ4v) is 3.50. The van der Waals surface area contributed by atoms with Crippen LogP contribution in [0.3, 0.4) is 0 Å². The number of carbonyl (C=O) groups excluding carboxylic acids is 1. The minimum absolute atomic E-state index is 0.190. The molecule has 1 heterocycles. The van der Waals surface area contributed by atoms with Gasteiger partial charge < -0.3 is 9.88 Å². The Hall–Kier alpha value is -2.38. The molecule has 0 radical (unpaired) electrons. The van der Waals surface area contributed by atoms with Crippen molar-refractivity contribution in [2.75, 3.05) is 5.32 Å². The van der Waals surface area contributed by atoms with Gasteiger partial charge >= 0.3 is 0 Å². The van der Waals surface area contributed by atoms with Crippen LogP contribution >= 0.6 is 23.4 Å². The average molecular weight is 405 g/mol. The summed E-state index contributed by atoms with van der Waals surface area (Å²) in [6.07, 6.45) is 0. The van der Waals surface area contributed by atoms with Crippen molar-refractivity contribution in [2.45, 2.75) is 30.8 Å². The maximum atomic E-state index is 13.0. The van der Waals surface area contributed by atoms with E-state index in [1.54, 1.807) is 19.1 Å². The van der Waals surface area contributed by atoms with Crippen LogP contribution in [0.25, 0.3) is 11.4 Å². The van der Waals surface area contributed by atoms with Gasteiger partial charge in [-0.1, -0.05) is 23.4 Å². The molecule has 27 heavy (non-hydrogen) atoms. The molecule has 0 saturated heterocycles. The summed E-state index contributed by atoms with van der Waals surface area (Å²) in [6.45, 7) is 4.45. The SMILES string of the molecule is CCn1c(S[C@@H](C)C(=O)Nc2ccc(F)cc2)nnc1-c1ccc(Cl)cc1. The molecule has 0 aliphatic carbocycles. The number of halogens is 2. The zero-order valence-electron chi connectivity index (χ0n) is 14.8. The van der Waals surface area contributed by atoms with Crippen LogP contribution in [0.4, 0.5) is 10.1 Å². The lowest BCUT2D eigenvalue weighted by atomic mass is 10.2. The minimum Gasteiger partial charge on any atom is -0.325 e. The Morgan fingerprint density at radius 1 is 1.19 bits per heavy atom. The quantitative estimate of drug-likeness (QED) is 0.595. The number of nitrogens with zero attached hydrogens (tertiary/aromatic N) is 3. The molecule has 3 rings (SSSR count). The highest BCUT2D eigenvalue weighted by Crippen LogP contribution is 2.28. The molecule has 8 heteroatoms. The zero-order valence-corrected chi connectivity index (χ0v) is 16.4. The topological polar surface area (TPSA) is 59.8 Å². The third-order valence-electron chi connectivity index (χ3n) is 3.90. The highest BCUT2D eigenvalue weighted by atomic mass is 35.5. The number of nitrogens with one attached hydrogen (secondary N) is 1. The first-order valence-electron chi connectivity index (χ1n) is 8.40. The number of thioether (sulfide) groups is 1. The first-order valence-corrected chi connectivity index (χ1v) is 9.66. The molecule has 0 aliphatic rings. The average Bonchev–Trinajstić information content (AvgIpc) is 3.06. The molecular formula is C19H18ClFN4OS. The summed E-state index contributed by atoms with van der Waals surface area (Å²) in [5, 5.41) is 12.2. The molecule has 1 N–H and O–H groups in total. The Balaban J connectivity index is 1.73. The fraction of sp³-hybridized carbons (Fsp3) is 0.211. The Bertz CT molecular complexity index is 928. The highest BCUT2D eigenvalue weighted by Gasteiger charge is 2.20. The molecule has 0 fully saturated rings. The van der Waals surface area contributed by atoms with Gasteiger partial charge in [0.1, 0.15) is 5.82 Å². The van der Waals surface area contributed by atoms with Gasteiger partial charge in [0.2, 0.25) is 5.91 Å². The van der Waals surface area contributed by atoms with E-state index in [1.807, 2.05) is 23.6 Å². The number of hydrogen-bond donors (Lipinski definition) is 1. The Kier molecular flexibility index (Phi) is 6.13. The van der Waals surface area contributed by atoms with Gasteiger partial charge in [-0.25, -0.2) is 4.39 Å². The predicted octanol–water partition coefficient (Wildman–Crippen LogP) is 4.88. The van der Waals surface area contributed by atoms with Gasteiger partial charge in [0.25, 0.3) is 0 Å². The summed E-state index contributed by atoms with van der Waals surface area (Å²) < 4.78 is 14.9. The smallest absolute Gasteiger partial charge is 0.237 e. The Morgan fingerprint density at radius 2 is 1.85 bits per heavy atom. The second-order valence-electron chi connectivity index (χ2n) is 5.81. The van der Waals surface area contributed by atoms with Crippen LogP contribution in [-0.4, -0.2) is 25.9 Å². The number of amides is 1. The van der Waals surface area contributed by atoms with Crippen molar-refractivity contribution in [2.24, 2.45) is 0 Å². The number of carbonyl (C=O) groups is 1. The molecule has 0 aliphatic heterocycles. The number of benzene rings is 2. The molecule has 1 amide bonds. The maximum absolute atomic E-state index is 13.0. The second kappa shape index (κ2) is 8.54. The lowest BCUT2D eigenvalue weighted by molar-refractivity contribution is -0.115. The van der Waals surface area contributed by atoms with Gasteiger partial charge in [0.05, 0.1) is 5.25 Å². The van der Waals surface area contributed by atoms with Crippen LogP contribution in [0.2, 0.25) is 5.02 Å². The summed E-state index contributed by atoms with van der Waals surface area (Å²) in [5.41, 5.74) is 1.46. The van der Waals surface area contributed by atoms with E-state index < -0.39 is 5.25 Å². The first kappa shape index (κ1) is 19.4. The fourth-order valence-electron chi connectivity index (χ4n) is 2.46. The van der Waals surface area contributed by atoms with Crippen molar-refractivity contribution in [3.63, 3.8) is 0 Å². The molecule has 2 aromatic carbocycles. The predicted molar refractivity (Wildman–Crippen MR) is 106 cm³/mol. The third-order valence-corrected chi connectivity index (χ3v) is 5.23. The lowest BCUT2D eigenvalue weighted by Gasteiger charge is -2.13. The Morgan fingerprint density at radius 3 is 2.48 bits per heavy atom. The van der Waals surface area contributed by atoms with E-state index >= 15 is 0 Å². The van der Waals surface area contributed by atoms with E-state index in [2.05, 4.69) is 15.5 Å². The van der Waals surface area contributed by atoms with Gasteiger partial charge in [-0.2, -0.15) is 0 Å². The van der Waals surface area contributed by atoms with Crippen molar-refractivity contribution < 1.29 is 9.18 Å². The monoisotopic (exact) mass is 404 g/mol. The summed E-state index contributed by atoms with van der Waals surface area (Å²) >= 11 is 7.27.